The van der Waals surface area contributed by atoms with Crippen molar-refractivity contribution in [1.29, 1.82) is 5.26 Å². The fourth-order valence-corrected chi connectivity index (χ4v) is 2.30. The van der Waals surface area contributed by atoms with Crippen LogP contribution < -0.4 is 14.8 Å². The highest BCUT2D eigenvalue weighted by molar-refractivity contribution is 5.44. The highest BCUT2D eigenvalue weighted by atomic mass is 16.5. The Morgan fingerprint density at radius 3 is 2.50 bits per heavy atom. The summed E-state index contributed by atoms with van der Waals surface area (Å²) in [5.74, 6) is 1.39. The van der Waals surface area contributed by atoms with E-state index in [4.69, 9.17) is 9.47 Å². The molecule has 1 atom stereocenters. The van der Waals surface area contributed by atoms with Gasteiger partial charge in [-0.25, -0.2) is 0 Å². The summed E-state index contributed by atoms with van der Waals surface area (Å²) < 4.78 is 10.6. The van der Waals surface area contributed by atoms with Gasteiger partial charge in [-0.15, -0.1) is 0 Å². The molecule has 1 N–H and O–H groups in total. The third-order valence-electron chi connectivity index (χ3n) is 3.48. The molecule has 0 aliphatic carbocycles. The van der Waals surface area contributed by atoms with Gasteiger partial charge in [-0.1, -0.05) is 30.3 Å². The topological polar surface area (TPSA) is 54.3 Å². The number of nitrogens with zero attached hydrogens (tertiary/aromatic N) is 1. The summed E-state index contributed by atoms with van der Waals surface area (Å²) in [6.07, 6.45) is 0.866. The van der Waals surface area contributed by atoms with Gasteiger partial charge in [0.2, 0.25) is 0 Å². The summed E-state index contributed by atoms with van der Waals surface area (Å²) in [5.41, 5.74) is 2.03. The predicted molar refractivity (Wildman–Crippen MR) is 86.0 cm³/mol. The van der Waals surface area contributed by atoms with Gasteiger partial charge < -0.3 is 9.47 Å². The van der Waals surface area contributed by atoms with E-state index in [9.17, 15) is 5.26 Å². The molecule has 2 rings (SSSR count). The van der Waals surface area contributed by atoms with Gasteiger partial charge in [0.05, 0.1) is 20.3 Å². The largest absolute Gasteiger partial charge is 0.497 e. The van der Waals surface area contributed by atoms with Gasteiger partial charge >= 0.3 is 0 Å². The molecule has 4 heteroatoms. The van der Waals surface area contributed by atoms with Gasteiger partial charge in [0.1, 0.15) is 17.5 Å². The van der Waals surface area contributed by atoms with Crippen LogP contribution in [-0.4, -0.2) is 20.8 Å². The van der Waals surface area contributed by atoms with Gasteiger partial charge in [0.15, 0.2) is 0 Å². The Hall–Kier alpha value is -2.51. The maximum absolute atomic E-state index is 9.45. The van der Waals surface area contributed by atoms with Crippen molar-refractivity contribution in [3.8, 4) is 17.6 Å². The van der Waals surface area contributed by atoms with Crippen molar-refractivity contribution in [2.24, 2.45) is 0 Å². The fraction of sp³-hybridized carbons (Fsp3) is 0.278. The molecule has 2 aromatic rings. The van der Waals surface area contributed by atoms with E-state index in [0.717, 1.165) is 12.0 Å². The zero-order valence-electron chi connectivity index (χ0n) is 12.9. The smallest absolute Gasteiger partial charge is 0.125 e. The van der Waals surface area contributed by atoms with Gasteiger partial charge in [0.25, 0.3) is 0 Å². The van der Waals surface area contributed by atoms with E-state index in [-0.39, 0.29) is 0 Å². The molecule has 22 heavy (non-hydrogen) atoms. The van der Waals surface area contributed by atoms with E-state index in [1.807, 2.05) is 36.4 Å². The lowest BCUT2D eigenvalue weighted by Crippen LogP contribution is -2.23. The van der Waals surface area contributed by atoms with Crippen molar-refractivity contribution in [3.05, 3.63) is 59.7 Å². The van der Waals surface area contributed by atoms with Crippen LogP contribution in [-0.2, 0) is 6.42 Å². The van der Waals surface area contributed by atoms with Crippen LogP contribution in [0.5, 0.6) is 11.5 Å². The first-order valence-corrected chi connectivity index (χ1v) is 7.17. The Kier molecular flexibility index (Phi) is 5.81. The fourth-order valence-electron chi connectivity index (χ4n) is 2.30. The van der Waals surface area contributed by atoms with Crippen LogP contribution >= 0.6 is 0 Å². The first-order valence-electron chi connectivity index (χ1n) is 7.17. The summed E-state index contributed by atoms with van der Waals surface area (Å²) in [6.45, 7) is 0.711. The first-order chi connectivity index (χ1) is 10.8. The Morgan fingerprint density at radius 1 is 1.09 bits per heavy atom. The molecule has 0 fully saturated rings. The average Bonchev–Trinajstić information content (AvgIpc) is 2.59. The van der Waals surface area contributed by atoms with E-state index in [1.165, 1.54) is 5.56 Å². The molecule has 4 nitrogen and oxygen atoms in total. The summed E-state index contributed by atoms with van der Waals surface area (Å²) in [4.78, 5) is 0. The molecule has 0 saturated heterocycles. The van der Waals surface area contributed by atoms with E-state index in [2.05, 4.69) is 23.5 Å². The normalized spacial score (nSPS) is 11.5. The first kappa shape index (κ1) is 15.9. The van der Waals surface area contributed by atoms with E-state index >= 15 is 0 Å². The minimum absolute atomic E-state index is 0.436. The second-order valence-electron chi connectivity index (χ2n) is 4.86. The van der Waals surface area contributed by atoms with Crippen LogP contribution in [0.1, 0.15) is 17.2 Å². The number of nitrogens with one attached hydrogen (secondary N) is 1. The van der Waals surface area contributed by atoms with Crippen LogP contribution in [0.2, 0.25) is 0 Å². The number of hydrogen-bond acceptors (Lipinski definition) is 4. The SMILES string of the molecule is COc1ccc(OC)c(C(C#N)NCCc2ccccc2)c1. The molecule has 0 radical (unpaired) electrons. The van der Waals surface area contributed by atoms with Gasteiger partial charge in [-0.05, 0) is 30.2 Å². The quantitative estimate of drug-likeness (QED) is 0.853. The Bertz CT molecular complexity index is 635. The lowest BCUT2D eigenvalue weighted by molar-refractivity contribution is 0.395. The minimum atomic E-state index is -0.436. The van der Waals surface area contributed by atoms with Crippen molar-refractivity contribution in [2.75, 3.05) is 20.8 Å². The number of benzene rings is 2. The van der Waals surface area contributed by atoms with E-state index < -0.39 is 6.04 Å². The highest BCUT2D eigenvalue weighted by Crippen LogP contribution is 2.29. The van der Waals surface area contributed by atoms with E-state index in [1.54, 1.807) is 14.2 Å². The summed E-state index contributed by atoms with van der Waals surface area (Å²) >= 11 is 0. The molecule has 2 aromatic carbocycles. The van der Waals surface area contributed by atoms with Crippen LogP contribution in [0.25, 0.3) is 0 Å². The molecule has 0 aliphatic heterocycles. The zero-order valence-corrected chi connectivity index (χ0v) is 12.9. The molecule has 0 saturated carbocycles. The number of rotatable bonds is 7. The number of hydrogen-bond donors (Lipinski definition) is 1. The lowest BCUT2D eigenvalue weighted by atomic mass is 10.1. The third kappa shape index (κ3) is 4.00. The van der Waals surface area contributed by atoms with Crippen LogP contribution in [0.3, 0.4) is 0 Å². The third-order valence-corrected chi connectivity index (χ3v) is 3.48. The predicted octanol–water partition coefficient (Wildman–Crippen LogP) is 3.10. The monoisotopic (exact) mass is 296 g/mol. The second-order valence-corrected chi connectivity index (χ2v) is 4.86. The zero-order chi connectivity index (χ0) is 15.8. The lowest BCUT2D eigenvalue weighted by Gasteiger charge is -2.16. The maximum Gasteiger partial charge on any atom is 0.125 e. The van der Waals surface area contributed by atoms with Crippen LogP contribution in [0.4, 0.5) is 0 Å². The molecule has 0 aliphatic rings. The van der Waals surface area contributed by atoms with E-state index in [0.29, 0.717) is 18.0 Å². The molecular formula is C18H20N2O2. The number of nitriles is 1. The Labute approximate surface area is 131 Å². The van der Waals surface area contributed by atoms with Gasteiger partial charge in [-0.2, -0.15) is 5.26 Å². The molecule has 0 spiro atoms. The molecule has 1 unspecified atom stereocenters. The van der Waals surface area contributed by atoms with Crippen molar-refractivity contribution in [2.45, 2.75) is 12.5 Å². The number of methoxy groups -OCH3 is 2. The molecule has 0 aromatic heterocycles. The molecule has 114 valence electrons. The van der Waals surface area contributed by atoms with Gasteiger partial charge in [-0.3, -0.25) is 5.32 Å². The summed E-state index contributed by atoms with van der Waals surface area (Å²) in [6, 6.07) is 17.5. The van der Waals surface area contributed by atoms with Gasteiger partial charge in [0, 0.05) is 12.1 Å². The average molecular weight is 296 g/mol. The highest BCUT2D eigenvalue weighted by Gasteiger charge is 2.16. The second kappa shape index (κ2) is 8.06. The molecular weight excluding hydrogens is 276 g/mol. The summed E-state index contributed by atoms with van der Waals surface area (Å²) in [5, 5.41) is 12.7. The Balaban J connectivity index is 2.06. The van der Waals surface area contributed by atoms with Crippen LogP contribution in [0.15, 0.2) is 48.5 Å². The minimum Gasteiger partial charge on any atom is -0.497 e. The van der Waals surface area contributed by atoms with Crippen molar-refractivity contribution in [1.82, 2.24) is 5.32 Å². The van der Waals surface area contributed by atoms with Crippen LogP contribution in [0, 0.1) is 11.3 Å². The van der Waals surface area contributed by atoms with Crippen molar-refractivity contribution < 1.29 is 9.47 Å². The van der Waals surface area contributed by atoms with Crippen molar-refractivity contribution in [3.63, 3.8) is 0 Å². The van der Waals surface area contributed by atoms with Crippen molar-refractivity contribution >= 4 is 0 Å². The molecule has 0 amide bonds. The standard InChI is InChI=1S/C18H20N2O2/c1-21-15-8-9-18(22-2)16(12-15)17(13-19)20-11-10-14-6-4-3-5-7-14/h3-9,12,17,20H,10-11H2,1-2H3. The molecule has 0 bridgehead atoms. The molecule has 0 heterocycles. The maximum atomic E-state index is 9.45. The Morgan fingerprint density at radius 2 is 1.86 bits per heavy atom. The summed E-state index contributed by atoms with van der Waals surface area (Å²) in [7, 11) is 3.21. The number of ether oxygens (including phenoxy) is 2.